The molecule has 9 atom stereocenters. The Morgan fingerprint density at radius 2 is 1.52 bits per heavy atom. The summed E-state index contributed by atoms with van der Waals surface area (Å²) in [5, 5.41) is 3.44. The van der Waals surface area contributed by atoms with Gasteiger partial charge in [-0.25, -0.2) is 4.79 Å². The van der Waals surface area contributed by atoms with Crippen LogP contribution in [0.4, 0.5) is 4.79 Å². The van der Waals surface area contributed by atoms with Crippen LogP contribution in [0.2, 0.25) is 0 Å². The van der Waals surface area contributed by atoms with E-state index in [1.165, 1.54) is 24.2 Å². The van der Waals surface area contributed by atoms with Crippen molar-refractivity contribution in [3.05, 3.63) is 23.8 Å². The van der Waals surface area contributed by atoms with E-state index in [4.69, 9.17) is 42.6 Å². The Kier molecular flexibility index (Phi) is 25.2. The first kappa shape index (κ1) is 51.3. The van der Waals surface area contributed by atoms with E-state index in [2.05, 4.69) is 37.4 Å². The number of carbonyl (C=O) groups excluding carboxylic acids is 4. The maximum atomic E-state index is 12.8. The van der Waals surface area contributed by atoms with Gasteiger partial charge in [0.15, 0.2) is 0 Å². The van der Waals surface area contributed by atoms with Gasteiger partial charge < -0.3 is 47.9 Å². The van der Waals surface area contributed by atoms with Gasteiger partial charge >= 0.3 is 24.0 Å². The van der Waals surface area contributed by atoms with Gasteiger partial charge in [-0.05, 0) is 68.3 Å². The lowest BCUT2D eigenvalue weighted by molar-refractivity contribution is -0.162. The van der Waals surface area contributed by atoms with Crippen LogP contribution in [0.25, 0.3) is 0 Å². The minimum Gasteiger partial charge on any atom is -0.463 e. The Labute approximate surface area is 371 Å². The number of cyclic esters (lactones) is 1. The molecule has 0 spiro atoms. The molecule has 7 unspecified atom stereocenters. The molecule has 2 saturated heterocycles. The minimum absolute atomic E-state index is 0.0214. The van der Waals surface area contributed by atoms with Crippen molar-refractivity contribution in [2.24, 2.45) is 29.6 Å². The van der Waals surface area contributed by atoms with Gasteiger partial charge in [0.05, 0.1) is 78.4 Å². The summed E-state index contributed by atoms with van der Waals surface area (Å²) in [6.07, 6.45) is 13.3. The summed E-state index contributed by atoms with van der Waals surface area (Å²) >= 11 is 0. The highest BCUT2D eigenvalue weighted by atomic mass is 33.1. The van der Waals surface area contributed by atoms with Gasteiger partial charge in [-0.1, -0.05) is 73.9 Å². The zero-order valence-corrected chi connectivity index (χ0v) is 38.7. The number of hydrogen-bond acceptors (Lipinski definition) is 15. The van der Waals surface area contributed by atoms with Crippen molar-refractivity contribution in [3.63, 3.8) is 0 Å². The number of fused-ring (bicyclic) bond motifs is 1. The van der Waals surface area contributed by atoms with Gasteiger partial charge in [-0.2, -0.15) is 0 Å². The fourth-order valence-corrected chi connectivity index (χ4v) is 11.1. The summed E-state index contributed by atoms with van der Waals surface area (Å²) < 4.78 is 50.2. The predicted molar refractivity (Wildman–Crippen MR) is 235 cm³/mol. The summed E-state index contributed by atoms with van der Waals surface area (Å²) in [6.45, 7) is 12.8. The van der Waals surface area contributed by atoms with Crippen molar-refractivity contribution in [1.82, 2.24) is 5.32 Å². The van der Waals surface area contributed by atoms with E-state index in [1.807, 2.05) is 35.4 Å². The number of ether oxygens (including phenoxy) is 9. The third kappa shape index (κ3) is 20.4. The molecule has 1 amide bonds. The third-order valence-electron chi connectivity index (χ3n) is 11.6. The Morgan fingerprint density at radius 3 is 2.18 bits per heavy atom. The largest absolute Gasteiger partial charge is 0.463 e. The van der Waals surface area contributed by atoms with Gasteiger partial charge in [0.25, 0.3) is 0 Å². The van der Waals surface area contributed by atoms with E-state index in [0.29, 0.717) is 84.6 Å². The molecule has 0 aromatic rings. The average molecular weight is 900 g/mol. The van der Waals surface area contributed by atoms with Crippen LogP contribution in [0, 0.1) is 29.6 Å². The lowest BCUT2D eigenvalue weighted by Gasteiger charge is -2.43. The van der Waals surface area contributed by atoms with Crippen LogP contribution in [0.1, 0.15) is 98.3 Å². The molecule has 4 aliphatic rings. The molecule has 4 rings (SSSR count). The number of amides is 1. The Balaban J connectivity index is 0.944. The van der Waals surface area contributed by atoms with E-state index < -0.39 is 12.2 Å². The second kappa shape index (κ2) is 29.9. The van der Waals surface area contributed by atoms with Crippen molar-refractivity contribution < 1.29 is 61.8 Å². The highest BCUT2D eigenvalue weighted by Crippen LogP contribution is 2.45. The van der Waals surface area contributed by atoms with Gasteiger partial charge in [0, 0.05) is 36.3 Å². The molecule has 0 saturated carbocycles. The number of nitrogens with one attached hydrogen (secondary N) is 1. The smallest absolute Gasteiger partial charge is 0.407 e. The van der Waals surface area contributed by atoms with E-state index >= 15 is 0 Å². The number of rotatable bonds is 30. The molecule has 0 bridgehead atoms. The first-order chi connectivity index (χ1) is 29.6. The topological polar surface area (TPSA) is 163 Å². The van der Waals surface area contributed by atoms with Crippen molar-refractivity contribution in [3.8, 4) is 0 Å². The van der Waals surface area contributed by atoms with E-state index in [1.54, 1.807) is 0 Å². The predicted octanol–water partition coefficient (Wildman–Crippen LogP) is 7.27. The molecule has 0 radical (unpaired) electrons. The summed E-state index contributed by atoms with van der Waals surface area (Å²) in [6, 6.07) is 0. The minimum atomic E-state index is -0.595. The monoisotopic (exact) mass is 899 g/mol. The van der Waals surface area contributed by atoms with Gasteiger partial charge in [0.2, 0.25) is 0 Å². The lowest BCUT2D eigenvalue weighted by Crippen LogP contribution is -2.42. The second-order valence-corrected chi connectivity index (χ2v) is 19.3. The number of alkyl carbamates (subject to hydrolysis) is 1. The maximum absolute atomic E-state index is 12.8. The van der Waals surface area contributed by atoms with Crippen LogP contribution in [0.5, 0.6) is 0 Å². The zero-order valence-electron chi connectivity index (χ0n) is 37.0. The highest BCUT2D eigenvalue weighted by molar-refractivity contribution is 8.77. The lowest BCUT2D eigenvalue weighted by atomic mass is 9.65. The zero-order chi connectivity index (χ0) is 43.7. The molecule has 2 aliphatic heterocycles. The Morgan fingerprint density at radius 1 is 0.852 bits per heavy atom. The van der Waals surface area contributed by atoms with E-state index in [0.717, 1.165) is 37.4 Å². The molecule has 1 N–H and O–H groups in total. The normalized spacial score (nSPS) is 26.5. The van der Waals surface area contributed by atoms with Crippen molar-refractivity contribution in [2.45, 2.75) is 122 Å². The first-order valence-corrected chi connectivity index (χ1v) is 25.1. The molecule has 348 valence electrons. The molecule has 61 heavy (non-hydrogen) atoms. The van der Waals surface area contributed by atoms with Crippen LogP contribution < -0.4 is 5.32 Å². The summed E-state index contributed by atoms with van der Waals surface area (Å²) in [7, 11) is 3.93. The second-order valence-electron chi connectivity index (χ2n) is 16.5. The van der Waals surface area contributed by atoms with Crippen LogP contribution in [-0.2, 0) is 57.0 Å². The number of unbranched alkanes of at least 4 members (excludes halogenated alkanes) is 1. The Bertz CT molecular complexity index is 1360. The maximum Gasteiger partial charge on any atom is 0.407 e. The van der Waals surface area contributed by atoms with Crippen LogP contribution >= 0.6 is 21.6 Å². The van der Waals surface area contributed by atoms with E-state index in [-0.39, 0.29) is 80.0 Å². The van der Waals surface area contributed by atoms with Crippen molar-refractivity contribution >= 4 is 45.6 Å². The van der Waals surface area contributed by atoms with Gasteiger partial charge in [0.1, 0.15) is 24.9 Å². The van der Waals surface area contributed by atoms with E-state index in [9.17, 15) is 19.2 Å². The SMILES string of the molecule is CCC(C)C(=O)OC1CC(C)C=C2C=CC(C)[C@H](CCC3CC(OC(=O)NCCOCCOCCOCCOCCOCCOC(=O)CCCCC4CCSS4)CC(=O)O3)[C@@H]21. The fourth-order valence-electron chi connectivity index (χ4n) is 8.04. The number of esters is 3. The summed E-state index contributed by atoms with van der Waals surface area (Å²) in [5.74, 6) is 1.35. The number of hydrogen-bond donors (Lipinski definition) is 1. The van der Waals surface area contributed by atoms with Crippen molar-refractivity contribution in [2.75, 3.05) is 85.0 Å². The number of allylic oxidation sites excluding steroid dienone is 3. The quantitative estimate of drug-likeness (QED) is 0.0331. The molecule has 2 aliphatic carbocycles. The summed E-state index contributed by atoms with van der Waals surface area (Å²) in [4.78, 5) is 49.7. The first-order valence-electron chi connectivity index (χ1n) is 22.7. The van der Waals surface area contributed by atoms with Gasteiger partial charge in [-0.3, -0.25) is 14.4 Å². The molecule has 2 heterocycles. The van der Waals surface area contributed by atoms with Crippen molar-refractivity contribution in [1.29, 1.82) is 0 Å². The molecule has 14 nitrogen and oxygen atoms in total. The Hall–Kier alpha value is -2.34. The van der Waals surface area contributed by atoms with Crippen LogP contribution in [0.15, 0.2) is 23.8 Å². The molecular formula is C45H73NO13S2. The molecule has 2 fully saturated rings. The third-order valence-corrected chi connectivity index (χ3v) is 14.6. The highest BCUT2D eigenvalue weighted by Gasteiger charge is 2.42. The van der Waals surface area contributed by atoms with Gasteiger partial charge in [-0.15, -0.1) is 0 Å². The standard InChI is InChI=1S/C45H73NO13S2/c1-5-33(3)44(49)59-40-29-32(2)28-35-11-10-34(4)39(43(35)40)13-12-36-30-37(31-42(48)57-36)58-45(50)46-15-16-51-17-18-52-19-20-53-21-22-54-23-24-55-25-26-56-41(47)9-7-6-8-38-14-27-60-61-38/h10-11,28,32-34,36-40,43H,5-9,12-27,29-31H2,1-4H3,(H,46,50)/t32?,33?,34?,36?,37?,38?,39-,40?,43+/m0/s1. The molecule has 0 aromatic carbocycles. The molecule has 16 heteroatoms. The number of carbonyl (C=O) groups is 4. The summed E-state index contributed by atoms with van der Waals surface area (Å²) in [5.41, 5.74) is 1.23. The molecule has 0 aromatic heterocycles. The van der Waals surface area contributed by atoms with Crippen LogP contribution in [-0.4, -0.2) is 133 Å². The molecular weight excluding hydrogens is 827 g/mol. The average Bonchev–Trinajstić information content (AvgIpc) is 3.76. The van der Waals surface area contributed by atoms with Crippen LogP contribution in [0.3, 0.4) is 0 Å². The fraction of sp³-hybridized carbons (Fsp3) is 0.822.